The molecular weight excluding hydrogens is 587 g/mol. The molecule has 35 heavy (non-hydrogen) atoms. The molecule has 0 aromatic rings. The predicted octanol–water partition coefficient (Wildman–Crippen LogP) is 7.45. The van der Waals surface area contributed by atoms with Crippen LogP contribution in [0.3, 0.4) is 0 Å². The van der Waals surface area contributed by atoms with E-state index in [-0.39, 0.29) is 22.1 Å². The number of rotatable bonds is 19. The molecule has 0 saturated carbocycles. The zero-order chi connectivity index (χ0) is 26.7. The summed E-state index contributed by atoms with van der Waals surface area (Å²) < 4.78 is 18.7. The molecule has 0 aromatic heterocycles. The number of halogens is 1. The minimum atomic E-state index is -1.85. The third-order valence-electron chi connectivity index (χ3n) is 7.27. The van der Waals surface area contributed by atoms with Crippen molar-refractivity contribution in [3.05, 3.63) is 12.2 Å². The number of esters is 1. The Balaban J connectivity index is 5.69. The van der Waals surface area contributed by atoms with Gasteiger partial charge in [-0.25, -0.2) is 0 Å². The van der Waals surface area contributed by atoms with Crippen LogP contribution in [-0.2, 0) is 23.2 Å². The van der Waals surface area contributed by atoms with Crippen LogP contribution in [0.4, 0.5) is 0 Å². The average Bonchev–Trinajstić information content (AvgIpc) is 2.89. The van der Waals surface area contributed by atoms with Crippen molar-refractivity contribution in [2.24, 2.45) is 0 Å². The van der Waals surface area contributed by atoms with Crippen LogP contribution in [0, 0.1) is 11.8 Å². The number of aldehydes is 1. The van der Waals surface area contributed by atoms with Gasteiger partial charge in [0.25, 0.3) is 0 Å². The highest BCUT2D eigenvalue weighted by molar-refractivity contribution is 14.1. The summed E-state index contributed by atoms with van der Waals surface area (Å²) in [5.41, 5.74) is 0. The maximum atomic E-state index is 11.3. The molecule has 0 radical (unpaired) electrons. The van der Waals surface area contributed by atoms with E-state index in [0.29, 0.717) is 19.3 Å². The van der Waals surface area contributed by atoms with E-state index >= 15 is 0 Å². The van der Waals surface area contributed by atoms with Gasteiger partial charge in [-0.15, -0.1) is 11.8 Å². The fourth-order valence-corrected chi connectivity index (χ4v) is 10.9. The van der Waals surface area contributed by atoms with Crippen molar-refractivity contribution in [3.63, 3.8) is 0 Å². The third kappa shape index (κ3) is 13.1. The van der Waals surface area contributed by atoms with Crippen LogP contribution in [0.2, 0.25) is 36.3 Å². The summed E-state index contributed by atoms with van der Waals surface area (Å²) in [7, 11) is -2.28. The van der Waals surface area contributed by atoms with E-state index in [9.17, 15) is 9.59 Å². The Labute approximate surface area is 230 Å². The van der Waals surface area contributed by atoms with Gasteiger partial charge in [-0.05, 0) is 48.8 Å². The Hall–Kier alpha value is -0.476. The molecule has 0 spiro atoms. The van der Waals surface area contributed by atoms with Gasteiger partial charge in [0.2, 0.25) is 0 Å². The minimum absolute atomic E-state index is 0.0186. The lowest BCUT2D eigenvalue weighted by atomic mass is 10.1. The lowest BCUT2D eigenvalue weighted by molar-refractivity contribution is -0.140. The Kier molecular flexibility index (Phi) is 19.3. The number of carbonyl (C=O) groups excluding carboxylic acids is 2. The first-order valence-electron chi connectivity index (χ1n) is 13.4. The molecule has 0 aliphatic rings. The van der Waals surface area contributed by atoms with Crippen molar-refractivity contribution in [2.75, 3.05) is 7.11 Å². The van der Waals surface area contributed by atoms with E-state index in [1.165, 1.54) is 7.11 Å². The highest BCUT2D eigenvalue weighted by Gasteiger charge is 2.37. The van der Waals surface area contributed by atoms with E-state index in [1.807, 2.05) is 6.08 Å². The standard InChI is InChI=1S/C27H49IO5Si2/c1-8-34(9-2,10-3)32-24(19-18-22-29)23-26(33-35(11-4,12-5)13-6)25(28)20-16-14-15-17-21-27(30)31-7/h18-19,22,24-26H,8-13,15,17,20-21,23H2,1-7H3/b19-18+/t24-,25+,26-/m0/s1. The fraction of sp³-hybridized carbons (Fsp3) is 0.778. The Morgan fingerprint density at radius 1 is 0.914 bits per heavy atom. The monoisotopic (exact) mass is 636 g/mol. The van der Waals surface area contributed by atoms with Crippen LogP contribution in [0.1, 0.15) is 73.6 Å². The first-order valence-corrected chi connectivity index (χ1v) is 19.7. The molecule has 3 atom stereocenters. The molecular formula is C27H49IO5Si2. The molecule has 8 heteroatoms. The fourth-order valence-electron chi connectivity index (χ4n) is 4.29. The van der Waals surface area contributed by atoms with Gasteiger partial charge in [-0.2, -0.15) is 0 Å². The molecule has 0 fully saturated rings. The maximum absolute atomic E-state index is 11.3. The summed E-state index contributed by atoms with van der Waals surface area (Å²) in [6, 6.07) is 6.47. The second kappa shape index (κ2) is 19.6. The van der Waals surface area contributed by atoms with E-state index in [0.717, 1.165) is 55.4 Å². The van der Waals surface area contributed by atoms with Gasteiger partial charge in [0, 0.05) is 29.6 Å². The predicted molar refractivity (Wildman–Crippen MR) is 160 cm³/mol. The topological polar surface area (TPSA) is 61.8 Å². The van der Waals surface area contributed by atoms with Crippen LogP contribution in [0.25, 0.3) is 0 Å². The van der Waals surface area contributed by atoms with Crippen molar-refractivity contribution in [2.45, 2.75) is 126 Å². The summed E-state index contributed by atoms with van der Waals surface area (Å²) in [5.74, 6) is 6.34. The quantitative estimate of drug-likeness (QED) is 0.0216. The molecule has 0 saturated heterocycles. The summed E-state index contributed by atoms with van der Waals surface area (Å²) in [4.78, 5) is 22.4. The molecule has 0 aromatic carbocycles. The smallest absolute Gasteiger partial charge is 0.305 e. The summed E-state index contributed by atoms with van der Waals surface area (Å²) in [6.07, 6.45) is 7.52. The summed E-state index contributed by atoms with van der Waals surface area (Å²) in [5, 5.41) is 0. The van der Waals surface area contributed by atoms with Crippen LogP contribution in [0.5, 0.6) is 0 Å². The SMILES string of the molecule is CC[Si](CC)(CC)O[C@@H](C[C@H](/C=C/C=O)O[Si](CC)(CC)CC)[C@H](I)CC#CCCCC(=O)OC. The van der Waals surface area contributed by atoms with Crippen LogP contribution >= 0.6 is 22.6 Å². The largest absolute Gasteiger partial charge is 0.469 e. The van der Waals surface area contributed by atoms with Crippen LogP contribution in [-0.4, -0.2) is 52.1 Å². The molecule has 202 valence electrons. The molecule has 0 rings (SSSR count). The highest BCUT2D eigenvalue weighted by Crippen LogP contribution is 2.32. The van der Waals surface area contributed by atoms with Gasteiger partial charge in [0.05, 0.1) is 19.3 Å². The van der Waals surface area contributed by atoms with Gasteiger partial charge < -0.3 is 13.6 Å². The van der Waals surface area contributed by atoms with Crippen molar-refractivity contribution in [1.82, 2.24) is 0 Å². The van der Waals surface area contributed by atoms with Crippen LogP contribution in [0.15, 0.2) is 12.2 Å². The van der Waals surface area contributed by atoms with Gasteiger partial charge in [0.1, 0.15) is 6.29 Å². The molecule has 0 N–H and O–H groups in total. The van der Waals surface area contributed by atoms with Gasteiger partial charge in [-0.1, -0.05) is 70.2 Å². The lowest BCUT2D eigenvalue weighted by Crippen LogP contribution is -2.46. The normalized spacial score (nSPS) is 14.7. The molecule has 0 unspecified atom stereocenters. The molecule has 5 nitrogen and oxygen atoms in total. The number of methoxy groups -OCH3 is 1. The Morgan fingerprint density at radius 2 is 1.46 bits per heavy atom. The van der Waals surface area contributed by atoms with E-state index in [4.69, 9.17) is 13.6 Å². The Morgan fingerprint density at radius 3 is 1.94 bits per heavy atom. The lowest BCUT2D eigenvalue weighted by Gasteiger charge is -2.38. The van der Waals surface area contributed by atoms with Crippen molar-refractivity contribution in [3.8, 4) is 11.8 Å². The highest BCUT2D eigenvalue weighted by atomic mass is 127. The zero-order valence-corrected chi connectivity index (χ0v) is 27.3. The summed E-state index contributed by atoms with van der Waals surface area (Å²) >= 11 is 2.49. The molecule has 0 aliphatic heterocycles. The average molecular weight is 637 g/mol. The number of hydrogen-bond donors (Lipinski definition) is 0. The van der Waals surface area contributed by atoms with Gasteiger partial charge >= 0.3 is 5.97 Å². The second-order valence-corrected chi connectivity index (χ2v) is 20.1. The molecule has 0 bridgehead atoms. The Bertz CT molecular complexity index is 664. The maximum Gasteiger partial charge on any atom is 0.305 e. The number of carbonyl (C=O) groups is 2. The second-order valence-electron chi connectivity index (χ2n) is 9.06. The first-order chi connectivity index (χ1) is 16.7. The zero-order valence-electron chi connectivity index (χ0n) is 23.2. The van der Waals surface area contributed by atoms with Crippen molar-refractivity contribution in [1.29, 1.82) is 0 Å². The number of alkyl halides is 1. The van der Waals surface area contributed by atoms with Gasteiger partial charge in [-0.3, -0.25) is 9.59 Å². The number of hydrogen-bond acceptors (Lipinski definition) is 5. The summed E-state index contributed by atoms with van der Waals surface area (Å²) in [6.45, 7) is 13.4. The number of allylic oxidation sites excluding steroid dienone is 1. The first kappa shape index (κ1) is 34.5. The molecule has 0 aliphatic carbocycles. The molecule has 0 amide bonds. The number of ether oxygens (including phenoxy) is 1. The minimum Gasteiger partial charge on any atom is -0.469 e. The van der Waals surface area contributed by atoms with E-state index < -0.39 is 16.6 Å². The van der Waals surface area contributed by atoms with Crippen molar-refractivity contribution >= 4 is 51.5 Å². The molecule has 0 heterocycles. The van der Waals surface area contributed by atoms with Crippen molar-refractivity contribution < 1.29 is 23.2 Å². The van der Waals surface area contributed by atoms with E-state index in [1.54, 1.807) is 6.08 Å². The number of unbranched alkanes of at least 4 members (excludes halogenated alkanes) is 1. The van der Waals surface area contributed by atoms with Gasteiger partial charge in [0.15, 0.2) is 16.6 Å². The van der Waals surface area contributed by atoms with E-state index in [2.05, 4.69) is 76.0 Å². The third-order valence-corrected chi connectivity index (χ3v) is 17.9. The van der Waals surface area contributed by atoms with Crippen LogP contribution < -0.4 is 0 Å².